The van der Waals surface area contributed by atoms with Gasteiger partial charge in [-0.3, -0.25) is 9.69 Å². The Bertz CT molecular complexity index is 1010. The van der Waals surface area contributed by atoms with Gasteiger partial charge in [-0.05, 0) is 24.3 Å². The summed E-state index contributed by atoms with van der Waals surface area (Å²) in [6.45, 7) is -0.624. The molecule has 0 saturated carbocycles. The van der Waals surface area contributed by atoms with Crippen LogP contribution < -0.4 is 4.90 Å². The van der Waals surface area contributed by atoms with Crippen LogP contribution in [-0.2, 0) is 9.53 Å². The molecule has 0 aliphatic rings. The smallest absolute Gasteiger partial charge is 0.358 e. The fraction of sp³-hybridized carbons (Fsp3) is 0.100. The van der Waals surface area contributed by atoms with Crippen LogP contribution in [0.2, 0.25) is 5.02 Å². The highest BCUT2D eigenvalue weighted by Gasteiger charge is 2.19. The highest BCUT2D eigenvalue weighted by atomic mass is 35.5. The molecule has 0 N–H and O–H groups in total. The summed E-state index contributed by atoms with van der Waals surface area (Å²) in [5.41, 5.74) is 1.51. The van der Waals surface area contributed by atoms with Gasteiger partial charge in [-0.15, -0.1) is 11.3 Å². The normalized spacial score (nSPS) is 10.1. The zero-order chi connectivity index (χ0) is 19.9. The minimum absolute atomic E-state index is 0.120. The minimum atomic E-state index is -0.699. The van der Waals surface area contributed by atoms with Crippen LogP contribution in [0.15, 0.2) is 60.0 Å². The van der Waals surface area contributed by atoms with E-state index in [2.05, 4.69) is 4.98 Å². The van der Waals surface area contributed by atoms with Crippen molar-refractivity contribution in [2.75, 3.05) is 18.1 Å². The quantitative estimate of drug-likeness (QED) is 0.449. The molecule has 1 amide bonds. The minimum Gasteiger partial charge on any atom is -0.451 e. The van der Waals surface area contributed by atoms with E-state index in [-0.39, 0.29) is 12.2 Å². The van der Waals surface area contributed by atoms with Gasteiger partial charge in [-0.1, -0.05) is 41.9 Å². The molecule has 0 spiro atoms. The van der Waals surface area contributed by atoms with Crippen molar-refractivity contribution < 1.29 is 14.3 Å². The average Bonchev–Trinajstić information content (AvgIpc) is 3.21. The Morgan fingerprint density at radius 2 is 1.86 bits per heavy atom. The van der Waals surface area contributed by atoms with Crippen LogP contribution in [0.1, 0.15) is 10.5 Å². The molecule has 0 radical (unpaired) electrons. The van der Waals surface area contributed by atoms with Gasteiger partial charge in [0.2, 0.25) is 0 Å². The van der Waals surface area contributed by atoms with E-state index in [9.17, 15) is 9.59 Å². The molecule has 3 aromatic rings. The molecule has 0 saturated heterocycles. The molecule has 0 unspecified atom stereocenters. The van der Waals surface area contributed by atoms with Gasteiger partial charge in [-0.2, -0.15) is 5.26 Å². The van der Waals surface area contributed by atoms with Gasteiger partial charge in [0.05, 0.1) is 6.07 Å². The molecule has 8 heteroatoms. The summed E-state index contributed by atoms with van der Waals surface area (Å²) in [5.74, 6) is -1.19. The molecule has 0 aliphatic heterocycles. The van der Waals surface area contributed by atoms with E-state index in [4.69, 9.17) is 21.6 Å². The summed E-state index contributed by atoms with van der Waals surface area (Å²) < 4.78 is 5.09. The van der Waals surface area contributed by atoms with Gasteiger partial charge in [0.1, 0.15) is 11.6 Å². The summed E-state index contributed by atoms with van der Waals surface area (Å²) in [6, 6.07) is 17.7. The molecule has 3 rings (SSSR count). The van der Waals surface area contributed by atoms with Gasteiger partial charge in [0, 0.05) is 21.7 Å². The number of thiazole rings is 1. The molecule has 0 fully saturated rings. The lowest BCUT2D eigenvalue weighted by Gasteiger charge is -2.19. The third kappa shape index (κ3) is 4.74. The van der Waals surface area contributed by atoms with Crippen LogP contribution in [0.5, 0.6) is 0 Å². The second-order valence-corrected chi connectivity index (χ2v) is 6.89. The number of hydrogen-bond donors (Lipinski definition) is 0. The first kappa shape index (κ1) is 19.5. The number of rotatable bonds is 6. The number of nitrogens with zero attached hydrogens (tertiary/aromatic N) is 3. The number of aromatic nitrogens is 1. The number of hydrogen-bond acceptors (Lipinski definition) is 6. The van der Waals surface area contributed by atoms with Crippen molar-refractivity contribution in [2.24, 2.45) is 0 Å². The van der Waals surface area contributed by atoms with E-state index in [0.717, 1.165) is 5.56 Å². The Morgan fingerprint density at radius 1 is 1.14 bits per heavy atom. The first-order valence-electron chi connectivity index (χ1n) is 8.19. The molecule has 28 heavy (non-hydrogen) atoms. The summed E-state index contributed by atoms with van der Waals surface area (Å²) >= 11 is 7.16. The molecular weight excluding hydrogens is 398 g/mol. The molecule has 6 nitrogen and oxygen atoms in total. The summed E-state index contributed by atoms with van der Waals surface area (Å²) in [7, 11) is 0. The number of carbonyl (C=O) groups excluding carboxylic acids is 2. The van der Waals surface area contributed by atoms with Crippen molar-refractivity contribution in [1.82, 2.24) is 4.98 Å². The van der Waals surface area contributed by atoms with Gasteiger partial charge >= 0.3 is 5.97 Å². The lowest BCUT2D eigenvalue weighted by atomic mass is 10.2. The number of ether oxygens (including phenoxy) is 1. The van der Waals surface area contributed by atoms with E-state index in [1.165, 1.54) is 16.2 Å². The van der Waals surface area contributed by atoms with E-state index < -0.39 is 18.5 Å². The van der Waals surface area contributed by atoms with Crippen molar-refractivity contribution in [3.8, 4) is 16.6 Å². The predicted molar refractivity (Wildman–Crippen MR) is 107 cm³/mol. The van der Waals surface area contributed by atoms with Crippen LogP contribution in [0.3, 0.4) is 0 Å². The molecule has 1 aromatic heterocycles. The van der Waals surface area contributed by atoms with Crippen molar-refractivity contribution >= 4 is 40.5 Å². The molecule has 140 valence electrons. The van der Waals surface area contributed by atoms with Gasteiger partial charge < -0.3 is 4.74 Å². The van der Waals surface area contributed by atoms with E-state index in [1.807, 2.05) is 6.07 Å². The largest absolute Gasteiger partial charge is 0.451 e. The van der Waals surface area contributed by atoms with Crippen LogP contribution in [0.4, 0.5) is 5.69 Å². The maximum atomic E-state index is 12.4. The van der Waals surface area contributed by atoms with Gasteiger partial charge in [0.25, 0.3) is 5.91 Å². The van der Waals surface area contributed by atoms with Gasteiger partial charge in [-0.25, -0.2) is 9.78 Å². The number of amides is 1. The molecule has 0 atom stereocenters. The highest BCUT2D eigenvalue weighted by Crippen LogP contribution is 2.25. The Hall–Kier alpha value is -3.21. The molecule has 0 aliphatic carbocycles. The van der Waals surface area contributed by atoms with Crippen molar-refractivity contribution in [1.29, 1.82) is 5.26 Å². The Balaban J connectivity index is 1.64. The molecular formula is C20H14ClN3O3S. The summed E-state index contributed by atoms with van der Waals surface area (Å²) in [4.78, 5) is 30.1. The predicted octanol–water partition coefficient (Wildman–Crippen LogP) is 4.18. The fourth-order valence-electron chi connectivity index (χ4n) is 2.37. The first-order chi connectivity index (χ1) is 13.6. The number of esters is 1. The third-order valence-electron chi connectivity index (χ3n) is 3.73. The Kier molecular flexibility index (Phi) is 6.37. The number of para-hydroxylation sites is 1. The molecule has 0 bridgehead atoms. The monoisotopic (exact) mass is 411 g/mol. The summed E-state index contributed by atoms with van der Waals surface area (Å²) in [6.07, 6.45) is 0. The lowest BCUT2D eigenvalue weighted by molar-refractivity contribution is -0.121. The zero-order valence-electron chi connectivity index (χ0n) is 14.5. The van der Waals surface area contributed by atoms with E-state index in [1.54, 1.807) is 60.0 Å². The maximum Gasteiger partial charge on any atom is 0.358 e. The topological polar surface area (TPSA) is 83.3 Å². The van der Waals surface area contributed by atoms with Crippen molar-refractivity contribution in [3.63, 3.8) is 0 Å². The number of benzene rings is 2. The van der Waals surface area contributed by atoms with Crippen LogP contribution >= 0.6 is 22.9 Å². The van der Waals surface area contributed by atoms with E-state index in [0.29, 0.717) is 15.7 Å². The zero-order valence-corrected chi connectivity index (χ0v) is 16.1. The fourth-order valence-corrected chi connectivity index (χ4v) is 3.30. The summed E-state index contributed by atoms with van der Waals surface area (Å²) in [5, 5.41) is 11.8. The number of nitriles is 1. The Labute approximate surface area is 170 Å². The van der Waals surface area contributed by atoms with Crippen LogP contribution in [0, 0.1) is 11.3 Å². The van der Waals surface area contributed by atoms with Crippen LogP contribution in [0.25, 0.3) is 10.6 Å². The second-order valence-electron chi connectivity index (χ2n) is 5.59. The van der Waals surface area contributed by atoms with Crippen molar-refractivity contribution in [3.05, 3.63) is 70.7 Å². The SMILES string of the molecule is N#CCN(C(=O)COC(=O)c1csc(-c2ccc(Cl)cc2)n1)c1ccccc1. The number of carbonyl (C=O) groups is 2. The van der Waals surface area contributed by atoms with Gasteiger partial charge in [0.15, 0.2) is 12.3 Å². The van der Waals surface area contributed by atoms with Crippen LogP contribution in [-0.4, -0.2) is 30.0 Å². The second kappa shape index (κ2) is 9.13. The highest BCUT2D eigenvalue weighted by molar-refractivity contribution is 7.13. The average molecular weight is 412 g/mol. The maximum absolute atomic E-state index is 12.4. The molecule has 2 aromatic carbocycles. The number of halogens is 1. The number of anilines is 1. The molecule has 1 heterocycles. The van der Waals surface area contributed by atoms with Crippen molar-refractivity contribution in [2.45, 2.75) is 0 Å². The third-order valence-corrected chi connectivity index (χ3v) is 4.87. The standard InChI is InChI=1S/C20H14ClN3O3S/c21-15-8-6-14(7-9-15)19-23-17(13-28-19)20(26)27-12-18(25)24(11-10-22)16-4-2-1-3-5-16/h1-9,13H,11-12H2. The Morgan fingerprint density at radius 3 is 2.54 bits per heavy atom. The lowest BCUT2D eigenvalue weighted by Crippen LogP contribution is -2.35. The first-order valence-corrected chi connectivity index (χ1v) is 9.45. The van der Waals surface area contributed by atoms with E-state index >= 15 is 0 Å².